The van der Waals surface area contributed by atoms with Gasteiger partial charge in [0.1, 0.15) is 0 Å². The van der Waals surface area contributed by atoms with Crippen molar-refractivity contribution in [3.8, 4) is 22.3 Å². The zero-order valence-electron chi connectivity index (χ0n) is 45.9. The van der Waals surface area contributed by atoms with Gasteiger partial charge in [-0.2, -0.15) is 0 Å². The summed E-state index contributed by atoms with van der Waals surface area (Å²) >= 11 is 0. The molecule has 18 rings (SSSR count). The fraction of sp³-hybridized carbons (Fsp3) is 0. The molecule has 16 aromatic carbocycles. The smallest absolute Gasteiger partial charge is 0.245 e. The van der Waals surface area contributed by atoms with Crippen LogP contribution < -0.4 is 42.6 Å². The molecule has 0 spiro atoms. The summed E-state index contributed by atoms with van der Waals surface area (Å²) in [6.45, 7) is -0.224. The van der Waals surface area contributed by atoms with Gasteiger partial charge in [-0.05, 0) is 148 Å². The average Bonchev–Trinajstić information content (AvgIpc) is 2.92. The molecule has 0 saturated carbocycles. The van der Waals surface area contributed by atoms with E-state index in [2.05, 4.69) is 313 Å². The van der Waals surface area contributed by atoms with Crippen LogP contribution in [0.3, 0.4) is 0 Å². The normalized spacial score (nSPS) is 12.5. The van der Waals surface area contributed by atoms with E-state index in [0.717, 1.165) is 34.1 Å². The van der Waals surface area contributed by atoms with Crippen molar-refractivity contribution >= 4 is 156 Å². The molecule has 0 aromatic heterocycles. The third-order valence-corrected chi connectivity index (χ3v) is 18.7. The van der Waals surface area contributed by atoms with E-state index in [1.54, 1.807) is 0 Å². The lowest BCUT2D eigenvalue weighted by atomic mass is 9.36. The number of para-hydroxylation sites is 4. The summed E-state index contributed by atoms with van der Waals surface area (Å²) in [6, 6.07) is 114. The van der Waals surface area contributed by atoms with Gasteiger partial charge < -0.3 is 9.80 Å². The maximum absolute atomic E-state index is 2.58. The van der Waals surface area contributed by atoms with Crippen molar-refractivity contribution in [2.75, 3.05) is 9.80 Å². The monoisotopic (exact) mass is 1060 g/mol. The topological polar surface area (TPSA) is 6.48 Å². The van der Waals surface area contributed by atoms with Crippen LogP contribution in [0.1, 0.15) is 0 Å². The van der Waals surface area contributed by atoms with Crippen molar-refractivity contribution in [1.82, 2.24) is 0 Å². The molecule has 2 aliphatic rings. The number of hydrogen-bond acceptors (Lipinski definition) is 2. The van der Waals surface area contributed by atoms with E-state index in [0.29, 0.717) is 0 Å². The standard InChI is InChI=1S/C80H50B2N2/c1-5-25-55(26-6-1)83(56-27-7-2-8-28-56)73-49-71(81-77-59-33-17-13-21-51(59)37-41-63(77)64-42-38-52-22-14-18-34-60(52)78(64)81)67-45-46-68-72(82-79-61-35-19-15-23-53(61)39-43-65(79)66-44-40-54-24-16-20-36-62(54)80(66)82)50-74(70-48-47-69(73)75(67)76(68)70)84(57-29-9-3-10-30-57)58-31-11-4-12-32-58/h1-50H. The number of hydrogen-bond donors (Lipinski definition) is 0. The van der Waals surface area contributed by atoms with Crippen LogP contribution in [0.2, 0.25) is 0 Å². The third kappa shape index (κ3) is 6.83. The number of benzene rings is 16. The molecular weight excluding hydrogens is 1010 g/mol. The first-order valence-corrected chi connectivity index (χ1v) is 29.4. The minimum Gasteiger partial charge on any atom is -0.310 e. The first kappa shape index (κ1) is 47.0. The lowest BCUT2D eigenvalue weighted by Crippen LogP contribution is -2.50. The molecule has 0 N–H and O–H groups in total. The highest BCUT2D eigenvalue weighted by molar-refractivity contribution is 7.04. The number of fused-ring (bicyclic) bond motifs is 14. The first-order valence-electron chi connectivity index (χ1n) is 29.4. The summed E-state index contributed by atoms with van der Waals surface area (Å²) in [5.41, 5.74) is 20.0. The van der Waals surface area contributed by atoms with E-state index < -0.39 is 0 Å². The Kier molecular flexibility index (Phi) is 10.3. The minimum atomic E-state index is -0.112. The first-order chi connectivity index (χ1) is 41.7. The Bertz CT molecular complexity index is 4750. The molecule has 0 amide bonds. The largest absolute Gasteiger partial charge is 0.310 e. The number of rotatable bonds is 8. The van der Waals surface area contributed by atoms with E-state index in [4.69, 9.17) is 0 Å². The van der Waals surface area contributed by atoms with Crippen LogP contribution in [0.5, 0.6) is 0 Å². The fourth-order valence-electron chi connectivity index (χ4n) is 15.3. The van der Waals surface area contributed by atoms with Crippen LogP contribution in [-0.4, -0.2) is 13.4 Å². The van der Waals surface area contributed by atoms with Gasteiger partial charge in [-0.25, -0.2) is 0 Å². The van der Waals surface area contributed by atoms with Gasteiger partial charge in [-0.1, -0.05) is 275 Å². The van der Waals surface area contributed by atoms with E-state index in [-0.39, 0.29) is 13.4 Å². The Hall–Kier alpha value is -10.7. The maximum atomic E-state index is 2.58. The summed E-state index contributed by atoms with van der Waals surface area (Å²) in [5.74, 6) is 0. The highest BCUT2D eigenvalue weighted by Crippen LogP contribution is 2.48. The molecule has 16 aromatic rings. The van der Waals surface area contributed by atoms with Gasteiger partial charge in [0.15, 0.2) is 0 Å². The molecule has 2 aliphatic heterocycles. The Morgan fingerprint density at radius 1 is 0.202 bits per heavy atom. The predicted molar refractivity (Wildman–Crippen MR) is 363 cm³/mol. The van der Waals surface area contributed by atoms with Gasteiger partial charge in [0.25, 0.3) is 0 Å². The summed E-state index contributed by atoms with van der Waals surface area (Å²) in [7, 11) is 0. The fourth-order valence-corrected chi connectivity index (χ4v) is 15.3. The number of anilines is 6. The van der Waals surface area contributed by atoms with Gasteiger partial charge in [0, 0.05) is 33.5 Å². The van der Waals surface area contributed by atoms with Crippen LogP contribution >= 0.6 is 0 Å². The van der Waals surface area contributed by atoms with Crippen LogP contribution in [0.15, 0.2) is 303 Å². The van der Waals surface area contributed by atoms with Crippen LogP contribution in [-0.2, 0) is 0 Å². The molecule has 0 unspecified atom stereocenters. The molecule has 84 heavy (non-hydrogen) atoms. The lowest BCUT2D eigenvalue weighted by molar-refractivity contribution is 1.30. The van der Waals surface area contributed by atoms with Crippen molar-refractivity contribution in [2.45, 2.75) is 0 Å². The summed E-state index contributed by atoms with van der Waals surface area (Å²) in [5, 5.41) is 17.6. The quantitative estimate of drug-likeness (QED) is 0.111. The van der Waals surface area contributed by atoms with E-state index >= 15 is 0 Å². The van der Waals surface area contributed by atoms with E-state index in [9.17, 15) is 0 Å². The van der Waals surface area contributed by atoms with Crippen molar-refractivity contribution in [1.29, 1.82) is 0 Å². The van der Waals surface area contributed by atoms with Gasteiger partial charge in [0.2, 0.25) is 13.4 Å². The molecule has 0 radical (unpaired) electrons. The summed E-state index contributed by atoms with van der Waals surface area (Å²) in [4.78, 5) is 5.03. The maximum Gasteiger partial charge on any atom is 0.245 e. The highest BCUT2D eigenvalue weighted by atomic mass is 15.1. The molecule has 2 nitrogen and oxygen atoms in total. The second kappa shape index (κ2) is 18.4. The predicted octanol–water partition coefficient (Wildman–Crippen LogP) is 17.1. The zero-order valence-corrected chi connectivity index (χ0v) is 45.9. The molecule has 386 valence electrons. The van der Waals surface area contributed by atoms with E-state index in [1.807, 2.05) is 0 Å². The van der Waals surface area contributed by atoms with Gasteiger partial charge in [-0.15, -0.1) is 0 Å². The molecule has 0 atom stereocenters. The van der Waals surface area contributed by atoms with Crippen LogP contribution in [0.25, 0.3) is 97.7 Å². The van der Waals surface area contributed by atoms with Gasteiger partial charge in [0.05, 0.1) is 11.4 Å². The van der Waals surface area contributed by atoms with Crippen molar-refractivity contribution in [3.05, 3.63) is 303 Å². The average molecular weight is 1060 g/mol. The zero-order chi connectivity index (χ0) is 55.0. The van der Waals surface area contributed by atoms with Gasteiger partial charge in [-0.3, -0.25) is 0 Å². The molecule has 0 saturated heterocycles. The SMILES string of the molecule is c1ccc(N(c2ccccc2)c2cc(B3c4c(ccc5ccccc45)-c4ccc5ccccc5c43)c3ccc4c(B5c6c(ccc7ccccc67)-c6ccc7ccccc7c65)cc(N(c5ccccc5)c5ccccc5)c5ccc2c3c45)cc1. The van der Waals surface area contributed by atoms with Crippen LogP contribution in [0, 0.1) is 0 Å². The highest BCUT2D eigenvalue weighted by Gasteiger charge is 2.41. The van der Waals surface area contributed by atoms with Crippen molar-refractivity contribution in [3.63, 3.8) is 0 Å². The Labute approximate surface area is 488 Å². The Morgan fingerprint density at radius 2 is 0.452 bits per heavy atom. The second-order valence-corrected chi connectivity index (χ2v) is 22.9. The molecule has 0 aliphatic carbocycles. The number of nitrogens with zero attached hydrogens (tertiary/aromatic N) is 2. The molecule has 0 bridgehead atoms. The minimum absolute atomic E-state index is 0.112. The summed E-state index contributed by atoms with van der Waals surface area (Å²) < 4.78 is 0. The molecule has 2 heterocycles. The Balaban J connectivity index is 1.06. The third-order valence-electron chi connectivity index (χ3n) is 18.7. The van der Waals surface area contributed by atoms with Crippen molar-refractivity contribution in [2.24, 2.45) is 0 Å². The summed E-state index contributed by atoms with van der Waals surface area (Å²) in [6.07, 6.45) is 0. The van der Waals surface area contributed by atoms with Gasteiger partial charge >= 0.3 is 0 Å². The van der Waals surface area contributed by atoms with Crippen LogP contribution in [0.4, 0.5) is 34.1 Å². The lowest BCUT2D eigenvalue weighted by Gasteiger charge is -2.32. The second-order valence-electron chi connectivity index (χ2n) is 22.9. The van der Waals surface area contributed by atoms with Crippen molar-refractivity contribution < 1.29 is 0 Å². The molecule has 0 fully saturated rings. The molecular formula is C80H50B2N2. The Morgan fingerprint density at radius 3 is 0.738 bits per heavy atom. The van der Waals surface area contributed by atoms with E-state index in [1.165, 1.54) is 130 Å². The molecule has 4 heteroatoms.